The number of amides is 1. The fourth-order valence-corrected chi connectivity index (χ4v) is 2.15. The van der Waals surface area contributed by atoms with Gasteiger partial charge in [-0.15, -0.1) is 0 Å². The van der Waals surface area contributed by atoms with Gasteiger partial charge in [0, 0.05) is 5.69 Å². The summed E-state index contributed by atoms with van der Waals surface area (Å²) in [4.78, 5) is 15.7. The largest absolute Gasteiger partial charge is 0.325 e. The molecule has 0 aliphatic carbocycles. The Hall–Kier alpha value is -1.82. The average molecular weight is 276 g/mol. The third-order valence-electron chi connectivity index (χ3n) is 2.57. The molecule has 0 saturated carbocycles. The highest BCUT2D eigenvalue weighted by Crippen LogP contribution is 2.19. The summed E-state index contributed by atoms with van der Waals surface area (Å²) in [5.41, 5.74) is 2.04. The highest BCUT2D eigenvalue weighted by molar-refractivity contribution is 7.99. The Kier molecular flexibility index (Phi) is 4.57. The van der Waals surface area contributed by atoms with E-state index < -0.39 is 0 Å². The van der Waals surface area contributed by atoms with Crippen molar-refractivity contribution in [1.82, 2.24) is 15.2 Å². The smallest absolute Gasteiger partial charge is 0.234 e. The monoisotopic (exact) mass is 276 g/mol. The molecule has 0 unspecified atom stereocenters. The Morgan fingerprint density at radius 3 is 3.00 bits per heavy atom. The van der Waals surface area contributed by atoms with Gasteiger partial charge in [0.1, 0.15) is 6.33 Å². The van der Waals surface area contributed by atoms with Gasteiger partial charge in [0.25, 0.3) is 0 Å². The van der Waals surface area contributed by atoms with Crippen molar-refractivity contribution >= 4 is 23.4 Å². The standard InChI is InChI=1S/C13H16N4OS/c1-9(2)10-4-3-5-11(6-10)16-12(18)7-19-13-14-8-15-17-13/h3-6,8-9H,7H2,1-2H3,(H,16,18)(H,14,15,17). The Balaban J connectivity index is 1.89. The van der Waals surface area contributed by atoms with Gasteiger partial charge in [0.15, 0.2) is 5.16 Å². The normalized spacial score (nSPS) is 10.7. The molecule has 1 heterocycles. The Morgan fingerprint density at radius 2 is 2.32 bits per heavy atom. The molecule has 6 heteroatoms. The molecule has 0 fully saturated rings. The topological polar surface area (TPSA) is 70.7 Å². The van der Waals surface area contributed by atoms with Crippen molar-refractivity contribution in [2.75, 3.05) is 11.1 Å². The van der Waals surface area contributed by atoms with Crippen LogP contribution in [0.25, 0.3) is 0 Å². The second-order valence-corrected chi connectivity index (χ2v) is 5.37. The van der Waals surface area contributed by atoms with E-state index >= 15 is 0 Å². The molecule has 2 N–H and O–H groups in total. The van der Waals surface area contributed by atoms with Crippen LogP contribution in [-0.4, -0.2) is 26.8 Å². The molecule has 1 amide bonds. The first-order valence-electron chi connectivity index (χ1n) is 6.03. The summed E-state index contributed by atoms with van der Waals surface area (Å²) in [6.07, 6.45) is 1.42. The number of hydrogen-bond donors (Lipinski definition) is 2. The van der Waals surface area contributed by atoms with Gasteiger partial charge < -0.3 is 5.32 Å². The quantitative estimate of drug-likeness (QED) is 0.824. The van der Waals surface area contributed by atoms with Crippen LogP contribution in [0.1, 0.15) is 25.3 Å². The molecule has 2 rings (SSSR count). The highest BCUT2D eigenvalue weighted by Gasteiger charge is 2.06. The van der Waals surface area contributed by atoms with E-state index in [1.165, 1.54) is 23.7 Å². The van der Waals surface area contributed by atoms with Crippen molar-refractivity contribution in [3.8, 4) is 0 Å². The van der Waals surface area contributed by atoms with Crippen LogP contribution in [0.4, 0.5) is 5.69 Å². The van der Waals surface area contributed by atoms with Crippen LogP contribution in [0, 0.1) is 0 Å². The molecule has 19 heavy (non-hydrogen) atoms. The molecule has 1 aromatic heterocycles. The Labute approximate surface area is 116 Å². The minimum atomic E-state index is -0.0534. The van der Waals surface area contributed by atoms with Gasteiger partial charge in [-0.05, 0) is 23.6 Å². The number of carbonyl (C=O) groups is 1. The molecule has 0 atom stereocenters. The van der Waals surface area contributed by atoms with Gasteiger partial charge in [-0.25, -0.2) is 4.98 Å². The third kappa shape index (κ3) is 4.10. The first-order chi connectivity index (χ1) is 9.15. The number of anilines is 1. The number of aromatic amines is 1. The van der Waals surface area contributed by atoms with Crippen molar-refractivity contribution in [2.24, 2.45) is 0 Å². The fraction of sp³-hybridized carbons (Fsp3) is 0.308. The van der Waals surface area contributed by atoms with Gasteiger partial charge in [0.05, 0.1) is 5.75 Å². The Morgan fingerprint density at radius 1 is 1.47 bits per heavy atom. The number of hydrogen-bond acceptors (Lipinski definition) is 4. The molecule has 1 aromatic carbocycles. The van der Waals surface area contributed by atoms with Crippen molar-refractivity contribution < 1.29 is 4.79 Å². The summed E-state index contributed by atoms with van der Waals surface area (Å²) in [7, 11) is 0. The van der Waals surface area contributed by atoms with Gasteiger partial charge in [0.2, 0.25) is 5.91 Å². The maximum atomic E-state index is 11.8. The molecular formula is C13H16N4OS. The third-order valence-corrected chi connectivity index (χ3v) is 3.45. The molecule has 0 spiro atoms. The zero-order valence-electron chi connectivity index (χ0n) is 10.9. The van der Waals surface area contributed by atoms with Crippen LogP contribution in [-0.2, 0) is 4.79 Å². The lowest BCUT2D eigenvalue weighted by Gasteiger charge is -2.09. The van der Waals surface area contributed by atoms with Crippen LogP contribution in [0.15, 0.2) is 35.7 Å². The summed E-state index contributed by atoms with van der Waals surface area (Å²) in [6.45, 7) is 4.25. The fourth-order valence-electron chi connectivity index (χ4n) is 1.57. The number of thioether (sulfide) groups is 1. The molecule has 100 valence electrons. The number of nitrogens with one attached hydrogen (secondary N) is 2. The van der Waals surface area contributed by atoms with Crippen molar-refractivity contribution in [1.29, 1.82) is 0 Å². The molecule has 5 nitrogen and oxygen atoms in total. The van der Waals surface area contributed by atoms with E-state index in [9.17, 15) is 4.79 Å². The first kappa shape index (κ1) is 13.6. The van der Waals surface area contributed by atoms with E-state index in [1.807, 2.05) is 18.2 Å². The van der Waals surface area contributed by atoms with Crippen LogP contribution >= 0.6 is 11.8 Å². The van der Waals surface area contributed by atoms with Crippen molar-refractivity contribution in [3.63, 3.8) is 0 Å². The molecule has 0 saturated heterocycles. The lowest BCUT2D eigenvalue weighted by Crippen LogP contribution is -2.14. The zero-order valence-corrected chi connectivity index (χ0v) is 11.7. The zero-order chi connectivity index (χ0) is 13.7. The summed E-state index contributed by atoms with van der Waals surface area (Å²) < 4.78 is 0. The molecule has 0 radical (unpaired) electrons. The average Bonchev–Trinajstić information content (AvgIpc) is 2.90. The molecule has 0 bridgehead atoms. The summed E-state index contributed by atoms with van der Waals surface area (Å²) in [6, 6.07) is 7.91. The van der Waals surface area contributed by atoms with E-state index in [4.69, 9.17) is 0 Å². The van der Waals surface area contributed by atoms with E-state index in [2.05, 4.69) is 40.4 Å². The first-order valence-corrected chi connectivity index (χ1v) is 7.01. The molecular weight excluding hydrogens is 260 g/mol. The minimum Gasteiger partial charge on any atom is -0.325 e. The summed E-state index contributed by atoms with van der Waals surface area (Å²) >= 11 is 1.32. The van der Waals surface area contributed by atoms with Gasteiger partial charge in [-0.3, -0.25) is 9.89 Å². The van der Waals surface area contributed by atoms with Crippen LogP contribution < -0.4 is 5.32 Å². The molecule has 0 aliphatic heterocycles. The predicted octanol–water partition coefficient (Wildman–Crippen LogP) is 2.66. The summed E-state index contributed by atoms with van der Waals surface area (Å²) in [5.74, 6) is 0.698. The van der Waals surface area contributed by atoms with Crippen molar-refractivity contribution in [3.05, 3.63) is 36.2 Å². The number of rotatable bonds is 5. The van der Waals surface area contributed by atoms with Gasteiger partial charge >= 0.3 is 0 Å². The lowest BCUT2D eigenvalue weighted by molar-refractivity contribution is -0.113. The second kappa shape index (κ2) is 6.38. The molecule has 2 aromatic rings. The maximum Gasteiger partial charge on any atom is 0.234 e. The highest BCUT2D eigenvalue weighted by atomic mass is 32.2. The van der Waals surface area contributed by atoms with E-state index in [1.54, 1.807) is 0 Å². The number of carbonyl (C=O) groups excluding carboxylic acids is 1. The number of H-pyrrole nitrogens is 1. The minimum absolute atomic E-state index is 0.0534. The van der Waals surface area contributed by atoms with E-state index in [0.29, 0.717) is 16.8 Å². The van der Waals surface area contributed by atoms with E-state index in [0.717, 1.165) is 5.69 Å². The van der Waals surface area contributed by atoms with Crippen LogP contribution in [0.3, 0.4) is 0 Å². The SMILES string of the molecule is CC(C)c1cccc(NC(=O)CSc2ncn[nH]2)c1. The Bertz CT molecular complexity index is 539. The van der Waals surface area contributed by atoms with E-state index in [-0.39, 0.29) is 5.91 Å². The van der Waals surface area contributed by atoms with Crippen molar-refractivity contribution in [2.45, 2.75) is 24.9 Å². The lowest BCUT2D eigenvalue weighted by atomic mass is 10.0. The predicted molar refractivity (Wildman–Crippen MR) is 76.3 cm³/mol. The summed E-state index contributed by atoms with van der Waals surface area (Å²) in [5, 5.41) is 9.95. The van der Waals surface area contributed by atoms with Crippen LogP contribution in [0.2, 0.25) is 0 Å². The number of nitrogens with zero attached hydrogens (tertiary/aromatic N) is 2. The second-order valence-electron chi connectivity index (χ2n) is 4.41. The van der Waals surface area contributed by atoms with Crippen LogP contribution in [0.5, 0.6) is 0 Å². The van der Waals surface area contributed by atoms with Gasteiger partial charge in [-0.2, -0.15) is 5.10 Å². The molecule has 0 aliphatic rings. The number of aromatic nitrogens is 3. The number of benzene rings is 1. The van der Waals surface area contributed by atoms with Gasteiger partial charge in [-0.1, -0.05) is 37.7 Å². The maximum absolute atomic E-state index is 11.8.